The summed E-state index contributed by atoms with van der Waals surface area (Å²) in [6.45, 7) is 6.21. The van der Waals surface area contributed by atoms with Crippen molar-refractivity contribution < 1.29 is 23.0 Å². The van der Waals surface area contributed by atoms with Crippen molar-refractivity contribution in [2.45, 2.75) is 32.8 Å². The molecule has 3 aromatic rings. The lowest BCUT2D eigenvalue weighted by Crippen LogP contribution is -2.25. The third-order valence-electron chi connectivity index (χ3n) is 5.72. The van der Waals surface area contributed by atoms with Crippen LogP contribution in [0.3, 0.4) is 0 Å². The largest absolute Gasteiger partial charge is 0.486 e. The monoisotopic (exact) mass is 483 g/mol. The van der Waals surface area contributed by atoms with E-state index in [2.05, 4.69) is 20.6 Å². The van der Waals surface area contributed by atoms with Gasteiger partial charge in [0.1, 0.15) is 30.0 Å². The quantitative estimate of drug-likeness (QED) is 0.438. The molecule has 10 heteroatoms. The van der Waals surface area contributed by atoms with E-state index in [1.165, 1.54) is 18.5 Å². The smallest absolute Gasteiger partial charge is 0.258 e. The first kappa shape index (κ1) is 24.3. The number of hydrogen-bond donors (Lipinski definition) is 3. The summed E-state index contributed by atoms with van der Waals surface area (Å²) < 4.78 is 41.2. The Morgan fingerprint density at radius 3 is 2.77 bits per heavy atom. The van der Waals surface area contributed by atoms with E-state index in [9.17, 15) is 9.18 Å². The highest BCUT2D eigenvalue weighted by molar-refractivity contribution is 6.05. The van der Waals surface area contributed by atoms with Gasteiger partial charge < -0.3 is 25.8 Å². The van der Waals surface area contributed by atoms with Gasteiger partial charge in [0.2, 0.25) is 0 Å². The number of halogens is 2. The van der Waals surface area contributed by atoms with Crippen LogP contribution >= 0.6 is 0 Å². The Kier molecular flexibility index (Phi) is 6.58. The van der Waals surface area contributed by atoms with Gasteiger partial charge in [0.05, 0.1) is 5.56 Å². The Labute approximate surface area is 201 Å². The van der Waals surface area contributed by atoms with Gasteiger partial charge in [0, 0.05) is 29.8 Å². The second-order valence-corrected chi connectivity index (χ2v) is 8.92. The number of carbonyl (C=O) groups excluding carboxylic acids is 1. The molecule has 0 aliphatic carbocycles. The number of rotatable bonds is 7. The minimum atomic E-state index is -0.747. The number of nitrogens with two attached hydrogens (primary N) is 1. The van der Waals surface area contributed by atoms with Crippen LogP contribution in [0.25, 0.3) is 11.3 Å². The number of likely N-dealkylation sites (N-methyl/N-ethyl adjacent to an activating group) is 1. The van der Waals surface area contributed by atoms with Gasteiger partial charge >= 0.3 is 0 Å². The van der Waals surface area contributed by atoms with Crippen LogP contribution in [0.4, 0.5) is 20.3 Å². The predicted octanol–water partition coefficient (Wildman–Crippen LogP) is 3.88. The number of aromatic nitrogens is 2. The molecule has 1 amide bonds. The summed E-state index contributed by atoms with van der Waals surface area (Å²) >= 11 is 0. The van der Waals surface area contributed by atoms with Crippen molar-refractivity contribution in [3.63, 3.8) is 0 Å². The Bertz CT molecular complexity index is 1300. The molecule has 4 rings (SSSR count). The molecule has 184 valence electrons. The molecule has 0 unspecified atom stereocenters. The first-order chi connectivity index (χ1) is 16.6. The topological polar surface area (TPSA) is 111 Å². The van der Waals surface area contributed by atoms with Crippen molar-refractivity contribution in [2.75, 3.05) is 31.2 Å². The molecule has 0 bridgehead atoms. The average Bonchev–Trinajstić information content (AvgIpc) is 3.12. The van der Waals surface area contributed by atoms with Crippen LogP contribution < -0.4 is 25.8 Å². The van der Waals surface area contributed by atoms with Crippen molar-refractivity contribution in [3.05, 3.63) is 58.9 Å². The van der Waals surface area contributed by atoms with Gasteiger partial charge in [-0.25, -0.2) is 18.7 Å². The van der Waals surface area contributed by atoms with E-state index in [0.29, 0.717) is 29.7 Å². The number of ether oxygens (including phenoxy) is 2. The molecule has 8 nitrogen and oxygen atoms in total. The molecule has 35 heavy (non-hydrogen) atoms. The van der Waals surface area contributed by atoms with E-state index >= 15 is 4.39 Å². The number of carbonyl (C=O) groups is 1. The molecule has 1 aromatic heterocycles. The summed E-state index contributed by atoms with van der Waals surface area (Å²) in [5.74, 6) is -1.73. The zero-order chi connectivity index (χ0) is 25.3. The molecule has 1 aliphatic rings. The number of benzene rings is 2. The number of nitrogen functional groups attached to an aromatic ring is 1. The van der Waals surface area contributed by atoms with E-state index in [4.69, 9.17) is 15.2 Å². The van der Waals surface area contributed by atoms with Crippen LogP contribution in [0.5, 0.6) is 11.5 Å². The Hall–Kier alpha value is -3.79. The summed E-state index contributed by atoms with van der Waals surface area (Å²) in [5, 5.41) is 5.57. The number of amides is 1. The van der Waals surface area contributed by atoms with Crippen LogP contribution in [0.2, 0.25) is 0 Å². The van der Waals surface area contributed by atoms with Gasteiger partial charge in [-0.3, -0.25) is 4.79 Å². The van der Waals surface area contributed by atoms with Crippen molar-refractivity contribution in [1.29, 1.82) is 0 Å². The summed E-state index contributed by atoms with van der Waals surface area (Å²) in [4.78, 5) is 21.2. The highest BCUT2D eigenvalue weighted by atomic mass is 19.1. The summed E-state index contributed by atoms with van der Waals surface area (Å²) in [5.41, 5.74) is 7.21. The van der Waals surface area contributed by atoms with Gasteiger partial charge in [0.25, 0.3) is 5.91 Å². The molecule has 2 aromatic carbocycles. The number of nitrogens with zero attached hydrogens (tertiary/aromatic N) is 2. The van der Waals surface area contributed by atoms with Gasteiger partial charge in [-0.05, 0) is 51.6 Å². The Balaban J connectivity index is 1.68. The molecule has 0 radical (unpaired) electrons. The average molecular weight is 484 g/mol. The maximum atomic E-state index is 15.1. The van der Waals surface area contributed by atoms with E-state index in [-0.39, 0.29) is 40.9 Å². The molecular formula is C25H27F2N5O3. The predicted molar refractivity (Wildman–Crippen MR) is 129 cm³/mol. The molecule has 0 saturated carbocycles. The SMILES string of the molecule is CNCCOc1c(N)ncnc1-c1cc(F)cc(NC(=O)c2ccc3c(c2F)OC(C)(C)C3)c1C. The van der Waals surface area contributed by atoms with Crippen LogP contribution in [-0.2, 0) is 6.42 Å². The molecule has 2 heterocycles. The second-order valence-electron chi connectivity index (χ2n) is 8.92. The Morgan fingerprint density at radius 2 is 2.03 bits per heavy atom. The third kappa shape index (κ3) is 4.88. The standard InChI is InChI=1S/C25H27F2N5O3/c1-13-17(20-22(34-8-7-29-4)23(28)31-12-30-20)9-15(26)10-18(13)32-24(33)16-6-5-14-11-25(2,3)35-21(14)19(16)27/h5-6,9-10,12,29H,7-8,11H2,1-4H3,(H,32,33)(H2,28,30,31). The van der Waals surface area contributed by atoms with Crippen LogP contribution in [0.15, 0.2) is 30.6 Å². The van der Waals surface area contributed by atoms with Gasteiger partial charge in [-0.1, -0.05) is 6.07 Å². The fourth-order valence-corrected chi connectivity index (χ4v) is 4.01. The molecular weight excluding hydrogens is 456 g/mol. The fraction of sp³-hybridized carbons (Fsp3) is 0.320. The maximum absolute atomic E-state index is 15.1. The zero-order valence-electron chi connectivity index (χ0n) is 20.0. The summed E-state index contributed by atoms with van der Waals surface area (Å²) in [6, 6.07) is 5.50. The minimum Gasteiger partial charge on any atom is -0.486 e. The number of hydrogen-bond acceptors (Lipinski definition) is 7. The summed E-state index contributed by atoms with van der Waals surface area (Å²) in [6.07, 6.45) is 1.79. The fourth-order valence-electron chi connectivity index (χ4n) is 4.01. The van der Waals surface area contributed by atoms with E-state index in [0.717, 1.165) is 6.07 Å². The molecule has 0 saturated heterocycles. The van der Waals surface area contributed by atoms with Crippen molar-refractivity contribution in [1.82, 2.24) is 15.3 Å². The lowest BCUT2D eigenvalue weighted by Gasteiger charge is -2.18. The minimum absolute atomic E-state index is 0.0686. The van der Waals surface area contributed by atoms with Gasteiger partial charge in [0.15, 0.2) is 23.1 Å². The van der Waals surface area contributed by atoms with Crippen molar-refractivity contribution in [2.24, 2.45) is 0 Å². The van der Waals surface area contributed by atoms with Crippen molar-refractivity contribution in [3.8, 4) is 22.8 Å². The highest BCUT2D eigenvalue weighted by Gasteiger charge is 2.34. The maximum Gasteiger partial charge on any atom is 0.258 e. The van der Waals surface area contributed by atoms with Gasteiger partial charge in [-0.15, -0.1) is 0 Å². The van der Waals surface area contributed by atoms with Gasteiger partial charge in [-0.2, -0.15) is 0 Å². The second kappa shape index (κ2) is 9.46. The molecule has 4 N–H and O–H groups in total. The first-order valence-electron chi connectivity index (χ1n) is 11.1. The lowest BCUT2D eigenvalue weighted by molar-refractivity contribution is 0.101. The number of fused-ring (bicyclic) bond motifs is 1. The Morgan fingerprint density at radius 1 is 1.26 bits per heavy atom. The normalized spacial score (nSPS) is 13.8. The van der Waals surface area contributed by atoms with E-state index < -0.39 is 23.1 Å². The highest BCUT2D eigenvalue weighted by Crippen LogP contribution is 2.39. The third-order valence-corrected chi connectivity index (χ3v) is 5.72. The lowest BCUT2D eigenvalue weighted by atomic mass is 10.00. The zero-order valence-corrected chi connectivity index (χ0v) is 20.0. The van der Waals surface area contributed by atoms with E-state index in [1.807, 2.05) is 13.8 Å². The first-order valence-corrected chi connectivity index (χ1v) is 11.1. The summed E-state index contributed by atoms with van der Waals surface area (Å²) in [7, 11) is 1.78. The van der Waals surface area contributed by atoms with Crippen LogP contribution in [-0.4, -0.2) is 41.7 Å². The molecule has 1 aliphatic heterocycles. The molecule has 0 atom stereocenters. The van der Waals surface area contributed by atoms with E-state index in [1.54, 1.807) is 20.0 Å². The van der Waals surface area contributed by atoms with Crippen molar-refractivity contribution >= 4 is 17.4 Å². The number of nitrogens with one attached hydrogen (secondary N) is 2. The van der Waals surface area contributed by atoms with Crippen LogP contribution in [0.1, 0.15) is 35.3 Å². The molecule has 0 fully saturated rings. The number of anilines is 2. The molecule has 0 spiro atoms. The van der Waals surface area contributed by atoms with Crippen LogP contribution in [0, 0.1) is 18.6 Å².